The Morgan fingerprint density at radius 1 is 1.27 bits per heavy atom. The van der Waals surface area contributed by atoms with Crippen molar-refractivity contribution in [2.45, 2.75) is 19.9 Å². The SMILES string of the molecule is CC(C)N(c1ccccc1O)S(=O)(=O)O. The van der Waals surface area contributed by atoms with Crippen LogP contribution in [-0.4, -0.2) is 24.1 Å². The second-order valence-corrected chi connectivity index (χ2v) is 4.65. The highest BCUT2D eigenvalue weighted by Crippen LogP contribution is 2.29. The van der Waals surface area contributed by atoms with Gasteiger partial charge >= 0.3 is 10.3 Å². The summed E-state index contributed by atoms with van der Waals surface area (Å²) in [6.07, 6.45) is 0. The van der Waals surface area contributed by atoms with Crippen molar-refractivity contribution in [1.82, 2.24) is 0 Å². The first kappa shape index (κ1) is 11.8. The predicted molar refractivity (Wildman–Crippen MR) is 57.3 cm³/mol. The molecule has 0 saturated carbocycles. The van der Waals surface area contributed by atoms with Gasteiger partial charge in [0.25, 0.3) is 0 Å². The van der Waals surface area contributed by atoms with Gasteiger partial charge in [-0.2, -0.15) is 8.42 Å². The Kier molecular flexibility index (Phi) is 3.21. The number of benzene rings is 1. The highest BCUT2D eigenvalue weighted by molar-refractivity contribution is 7.87. The van der Waals surface area contributed by atoms with Crippen LogP contribution in [-0.2, 0) is 10.3 Å². The smallest absolute Gasteiger partial charge is 0.360 e. The van der Waals surface area contributed by atoms with Gasteiger partial charge in [-0.25, -0.2) is 4.31 Å². The van der Waals surface area contributed by atoms with Crippen LogP contribution in [0.1, 0.15) is 13.8 Å². The van der Waals surface area contributed by atoms with E-state index in [-0.39, 0.29) is 11.4 Å². The normalized spacial score (nSPS) is 11.7. The number of anilines is 1. The minimum atomic E-state index is -4.37. The molecule has 1 rings (SSSR count). The van der Waals surface area contributed by atoms with Gasteiger partial charge in [0.1, 0.15) is 5.75 Å². The predicted octanol–water partition coefficient (Wildman–Crippen LogP) is 1.41. The Labute approximate surface area is 88.8 Å². The summed E-state index contributed by atoms with van der Waals surface area (Å²) in [5.74, 6) is -0.191. The lowest BCUT2D eigenvalue weighted by Gasteiger charge is -2.25. The second-order valence-electron chi connectivity index (χ2n) is 3.36. The van der Waals surface area contributed by atoms with Crippen LogP contribution in [0, 0.1) is 0 Å². The number of rotatable bonds is 3. The van der Waals surface area contributed by atoms with Crippen LogP contribution in [0.5, 0.6) is 5.75 Å². The van der Waals surface area contributed by atoms with Crippen LogP contribution in [0.15, 0.2) is 24.3 Å². The number of aromatic hydroxyl groups is 1. The zero-order valence-corrected chi connectivity index (χ0v) is 9.27. The lowest BCUT2D eigenvalue weighted by Crippen LogP contribution is -2.36. The van der Waals surface area contributed by atoms with E-state index in [0.29, 0.717) is 0 Å². The van der Waals surface area contributed by atoms with Gasteiger partial charge in [0.05, 0.1) is 5.69 Å². The van der Waals surface area contributed by atoms with Crippen LogP contribution in [0.25, 0.3) is 0 Å². The summed E-state index contributed by atoms with van der Waals surface area (Å²) < 4.78 is 32.0. The van der Waals surface area contributed by atoms with Crippen molar-refractivity contribution < 1.29 is 18.1 Å². The first-order valence-corrected chi connectivity index (χ1v) is 5.78. The molecule has 0 amide bonds. The molecule has 0 heterocycles. The molecule has 0 aliphatic carbocycles. The Morgan fingerprint density at radius 2 is 1.80 bits per heavy atom. The minimum absolute atomic E-state index is 0.0648. The van der Waals surface area contributed by atoms with E-state index < -0.39 is 16.3 Å². The van der Waals surface area contributed by atoms with E-state index in [2.05, 4.69) is 0 Å². The molecule has 1 aromatic rings. The number of phenols is 1. The maximum absolute atomic E-state index is 11.1. The highest BCUT2D eigenvalue weighted by atomic mass is 32.2. The minimum Gasteiger partial charge on any atom is -0.506 e. The first-order chi connectivity index (χ1) is 6.84. The fourth-order valence-corrected chi connectivity index (χ4v) is 2.26. The van der Waals surface area contributed by atoms with Crippen molar-refractivity contribution in [2.24, 2.45) is 0 Å². The Bertz CT molecular complexity index is 441. The van der Waals surface area contributed by atoms with Crippen molar-refractivity contribution in [3.8, 4) is 5.75 Å². The van der Waals surface area contributed by atoms with Gasteiger partial charge in [0.15, 0.2) is 0 Å². The molecule has 0 fully saturated rings. The third-order valence-corrected chi connectivity index (χ3v) is 2.95. The first-order valence-electron chi connectivity index (χ1n) is 4.39. The number of hydrogen-bond acceptors (Lipinski definition) is 3. The lowest BCUT2D eigenvalue weighted by molar-refractivity contribution is 0.460. The molecule has 0 aromatic heterocycles. The summed E-state index contributed by atoms with van der Waals surface area (Å²) in [7, 11) is -4.37. The molecule has 2 N–H and O–H groups in total. The van der Waals surface area contributed by atoms with Crippen LogP contribution >= 0.6 is 0 Å². The summed E-state index contributed by atoms with van der Waals surface area (Å²) in [5.41, 5.74) is 0.0648. The molecule has 84 valence electrons. The fraction of sp³-hybridized carbons (Fsp3) is 0.333. The number of nitrogens with zero attached hydrogens (tertiary/aromatic N) is 1. The van der Waals surface area contributed by atoms with Gasteiger partial charge in [-0.3, -0.25) is 4.55 Å². The number of hydrogen-bond donors (Lipinski definition) is 2. The maximum atomic E-state index is 11.1. The average Bonchev–Trinajstić information content (AvgIpc) is 2.05. The summed E-state index contributed by atoms with van der Waals surface area (Å²) in [5, 5.41) is 9.48. The van der Waals surface area contributed by atoms with Gasteiger partial charge in [0, 0.05) is 6.04 Å². The van der Waals surface area contributed by atoms with Gasteiger partial charge in [0.2, 0.25) is 0 Å². The van der Waals surface area contributed by atoms with Crippen LogP contribution in [0.3, 0.4) is 0 Å². The highest BCUT2D eigenvalue weighted by Gasteiger charge is 2.24. The molecule has 0 unspecified atom stereocenters. The largest absolute Gasteiger partial charge is 0.506 e. The quantitative estimate of drug-likeness (QED) is 0.771. The summed E-state index contributed by atoms with van der Waals surface area (Å²) in [4.78, 5) is 0. The van der Waals surface area contributed by atoms with Crippen molar-refractivity contribution in [1.29, 1.82) is 0 Å². The van der Waals surface area contributed by atoms with Crippen molar-refractivity contribution in [2.75, 3.05) is 4.31 Å². The number of para-hydroxylation sites is 2. The van der Waals surface area contributed by atoms with E-state index in [1.54, 1.807) is 26.0 Å². The molecule has 6 heteroatoms. The van der Waals surface area contributed by atoms with E-state index in [4.69, 9.17) is 4.55 Å². The lowest BCUT2D eigenvalue weighted by atomic mass is 10.2. The number of phenolic OH excluding ortho intramolecular Hbond substituents is 1. The molecular formula is C9H13NO4S. The molecule has 0 atom stereocenters. The average molecular weight is 231 g/mol. The molecule has 0 spiro atoms. The second kappa shape index (κ2) is 4.08. The molecule has 1 aromatic carbocycles. The van der Waals surface area contributed by atoms with Gasteiger partial charge in [-0.1, -0.05) is 12.1 Å². The topological polar surface area (TPSA) is 77.8 Å². The van der Waals surface area contributed by atoms with E-state index in [1.165, 1.54) is 12.1 Å². The zero-order chi connectivity index (χ0) is 11.6. The third kappa shape index (κ3) is 2.60. The van der Waals surface area contributed by atoms with E-state index in [1.807, 2.05) is 0 Å². The van der Waals surface area contributed by atoms with Gasteiger partial charge < -0.3 is 5.11 Å². The summed E-state index contributed by atoms with van der Waals surface area (Å²) in [6, 6.07) is 5.45. The molecule has 0 saturated heterocycles. The molecule has 15 heavy (non-hydrogen) atoms. The van der Waals surface area contributed by atoms with Crippen LogP contribution in [0.2, 0.25) is 0 Å². The van der Waals surface area contributed by atoms with Gasteiger partial charge in [-0.05, 0) is 26.0 Å². The molecule has 5 nitrogen and oxygen atoms in total. The van der Waals surface area contributed by atoms with E-state index in [0.717, 1.165) is 4.31 Å². The van der Waals surface area contributed by atoms with Crippen LogP contribution in [0.4, 0.5) is 5.69 Å². The Balaban J connectivity index is 3.29. The van der Waals surface area contributed by atoms with E-state index >= 15 is 0 Å². The summed E-state index contributed by atoms with van der Waals surface area (Å²) >= 11 is 0. The van der Waals surface area contributed by atoms with Crippen molar-refractivity contribution in [3.63, 3.8) is 0 Å². The van der Waals surface area contributed by atoms with Crippen molar-refractivity contribution >= 4 is 16.0 Å². The molecule has 0 radical (unpaired) electrons. The standard InChI is InChI=1S/C9H13NO4S/c1-7(2)10(15(12,13)14)8-5-3-4-6-9(8)11/h3-7,11H,1-2H3,(H,12,13,14). The van der Waals surface area contributed by atoms with E-state index in [9.17, 15) is 13.5 Å². The monoisotopic (exact) mass is 231 g/mol. The third-order valence-electron chi connectivity index (χ3n) is 1.84. The molecular weight excluding hydrogens is 218 g/mol. The molecule has 0 aliphatic rings. The maximum Gasteiger partial charge on any atom is 0.360 e. The fourth-order valence-electron chi connectivity index (χ4n) is 1.32. The Morgan fingerprint density at radius 3 is 2.20 bits per heavy atom. The molecule has 0 aliphatic heterocycles. The molecule has 0 bridgehead atoms. The zero-order valence-electron chi connectivity index (χ0n) is 8.45. The summed E-state index contributed by atoms with van der Waals surface area (Å²) in [6.45, 7) is 3.19. The van der Waals surface area contributed by atoms with Crippen molar-refractivity contribution in [3.05, 3.63) is 24.3 Å². The van der Waals surface area contributed by atoms with Crippen LogP contribution < -0.4 is 4.31 Å². The van der Waals surface area contributed by atoms with Gasteiger partial charge in [-0.15, -0.1) is 0 Å². The Hall–Kier alpha value is -1.27.